The van der Waals surface area contributed by atoms with E-state index >= 15 is 0 Å². The lowest BCUT2D eigenvalue weighted by atomic mass is 10.2. The summed E-state index contributed by atoms with van der Waals surface area (Å²) in [6.07, 6.45) is 0. The van der Waals surface area contributed by atoms with E-state index in [2.05, 4.69) is 4.98 Å². The van der Waals surface area contributed by atoms with Crippen LogP contribution < -0.4 is 16.2 Å². The van der Waals surface area contributed by atoms with E-state index < -0.39 is 5.91 Å². The summed E-state index contributed by atoms with van der Waals surface area (Å²) in [5.74, 6) is -0.186. The zero-order valence-electron chi connectivity index (χ0n) is 12.3. The van der Waals surface area contributed by atoms with E-state index in [1.807, 2.05) is 0 Å². The predicted molar refractivity (Wildman–Crippen MR) is 96.4 cm³/mol. The van der Waals surface area contributed by atoms with Crippen molar-refractivity contribution in [2.45, 2.75) is 0 Å². The number of amides is 1. The van der Waals surface area contributed by atoms with E-state index in [-0.39, 0.29) is 30.8 Å². The zero-order chi connectivity index (χ0) is 15.6. The Hall–Kier alpha value is -1.67. The van der Waals surface area contributed by atoms with Gasteiger partial charge in [0.25, 0.3) is 5.91 Å². The monoisotopic (exact) mass is 381 g/mol. The van der Waals surface area contributed by atoms with E-state index in [0.717, 1.165) is 4.90 Å². The number of aromatic nitrogens is 1. The number of guanidine groups is 1. The van der Waals surface area contributed by atoms with Gasteiger partial charge in [-0.05, 0) is 12.1 Å². The van der Waals surface area contributed by atoms with Crippen LogP contribution >= 0.6 is 36.4 Å². The van der Waals surface area contributed by atoms with Gasteiger partial charge in [0.05, 0.1) is 10.5 Å². The lowest BCUT2D eigenvalue weighted by Crippen LogP contribution is -2.38. The molecular formula is C13H18Cl3N5O2. The maximum absolute atomic E-state index is 12.1. The number of fused-ring (bicyclic) bond motifs is 1. The van der Waals surface area contributed by atoms with Gasteiger partial charge in [-0.3, -0.25) is 15.1 Å². The number of hydrogen-bond donors (Lipinski definition) is 4. The molecule has 1 aromatic carbocycles. The molecule has 2 rings (SSSR count). The molecule has 0 bridgehead atoms. The number of aromatic amines is 1. The topological polar surface area (TPSA) is 121 Å². The van der Waals surface area contributed by atoms with Crippen LogP contribution in [0.2, 0.25) is 5.02 Å². The Kier molecular flexibility index (Phi) is 8.19. The van der Waals surface area contributed by atoms with Gasteiger partial charge in [-0.15, -0.1) is 24.8 Å². The molecule has 0 saturated carbocycles. The smallest absolute Gasteiger partial charge is 0.276 e. The number of H-pyrrole nitrogens is 1. The highest BCUT2D eigenvalue weighted by molar-refractivity contribution is 6.35. The lowest BCUT2D eigenvalue weighted by molar-refractivity contribution is 0.0864. The van der Waals surface area contributed by atoms with Crippen LogP contribution in [0.5, 0.6) is 5.75 Å². The standard InChI is InChI=1S/C13H16ClN5O2.2ClH/c1-19(13(16)17)12(20)11-6-8-9(14)4-7(21-3-2-15)5-10(8)18-11;;/h4-6,18H,2-3,15H2,1H3,(H3,16,17);2*1H. The number of ether oxygens (including phenoxy) is 1. The fourth-order valence-corrected chi connectivity index (χ4v) is 2.10. The maximum Gasteiger partial charge on any atom is 0.276 e. The molecule has 0 aliphatic carbocycles. The Bertz CT molecular complexity index is 704. The average Bonchev–Trinajstić information content (AvgIpc) is 2.87. The molecule has 23 heavy (non-hydrogen) atoms. The summed E-state index contributed by atoms with van der Waals surface area (Å²) in [5, 5.41) is 8.43. The molecule has 1 amide bonds. The fraction of sp³-hybridized carbons (Fsp3) is 0.231. The third-order valence-electron chi connectivity index (χ3n) is 2.94. The van der Waals surface area contributed by atoms with E-state index in [1.54, 1.807) is 18.2 Å². The number of halogens is 3. The number of nitrogens with zero attached hydrogens (tertiary/aromatic N) is 1. The first-order valence-corrected chi connectivity index (χ1v) is 6.59. The predicted octanol–water partition coefficient (Wildman–Crippen LogP) is 1.97. The van der Waals surface area contributed by atoms with Gasteiger partial charge in [0.15, 0.2) is 5.96 Å². The Morgan fingerprint density at radius 2 is 2.04 bits per heavy atom. The molecule has 0 saturated heterocycles. The molecule has 2 aromatic rings. The quantitative estimate of drug-likeness (QED) is 0.477. The van der Waals surface area contributed by atoms with Gasteiger partial charge in [0.1, 0.15) is 18.1 Å². The highest BCUT2D eigenvalue weighted by Crippen LogP contribution is 2.30. The molecule has 0 unspecified atom stereocenters. The first-order chi connectivity index (χ1) is 9.93. The number of carbonyl (C=O) groups excluding carboxylic acids is 1. The highest BCUT2D eigenvalue weighted by Gasteiger charge is 2.17. The van der Waals surface area contributed by atoms with Crippen molar-refractivity contribution in [2.75, 3.05) is 20.2 Å². The van der Waals surface area contributed by atoms with Crippen LogP contribution in [0.4, 0.5) is 0 Å². The summed E-state index contributed by atoms with van der Waals surface area (Å²) in [7, 11) is 1.42. The van der Waals surface area contributed by atoms with Crippen molar-refractivity contribution >= 4 is 59.2 Å². The lowest BCUT2D eigenvalue weighted by Gasteiger charge is -2.12. The van der Waals surface area contributed by atoms with Crippen molar-refractivity contribution in [1.82, 2.24) is 9.88 Å². The minimum absolute atomic E-state index is 0. The number of benzene rings is 1. The van der Waals surface area contributed by atoms with Gasteiger partial charge < -0.3 is 21.2 Å². The van der Waals surface area contributed by atoms with Crippen LogP contribution in [0.3, 0.4) is 0 Å². The van der Waals surface area contributed by atoms with Gasteiger partial charge in [0, 0.05) is 25.0 Å². The van der Waals surface area contributed by atoms with Crippen LogP contribution in [0, 0.1) is 5.41 Å². The van der Waals surface area contributed by atoms with Gasteiger partial charge in [-0.2, -0.15) is 0 Å². The number of hydrogen-bond acceptors (Lipinski definition) is 4. The Labute approximate surface area is 150 Å². The van der Waals surface area contributed by atoms with Gasteiger partial charge >= 0.3 is 0 Å². The third-order valence-corrected chi connectivity index (χ3v) is 3.26. The zero-order valence-corrected chi connectivity index (χ0v) is 14.6. The minimum Gasteiger partial charge on any atom is -0.492 e. The molecule has 6 N–H and O–H groups in total. The molecular weight excluding hydrogens is 365 g/mol. The molecule has 0 atom stereocenters. The van der Waals surface area contributed by atoms with Crippen LogP contribution in [0.15, 0.2) is 18.2 Å². The van der Waals surface area contributed by atoms with Crippen molar-refractivity contribution in [2.24, 2.45) is 11.5 Å². The van der Waals surface area contributed by atoms with Gasteiger partial charge in [-0.25, -0.2) is 0 Å². The second-order valence-corrected chi connectivity index (χ2v) is 4.84. The van der Waals surface area contributed by atoms with E-state index in [4.69, 9.17) is 33.2 Å². The number of carbonyl (C=O) groups is 1. The number of nitrogens with two attached hydrogens (primary N) is 2. The van der Waals surface area contributed by atoms with E-state index in [1.165, 1.54) is 7.05 Å². The normalized spacial score (nSPS) is 9.70. The maximum atomic E-state index is 12.1. The fourth-order valence-electron chi connectivity index (χ4n) is 1.83. The molecule has 7 nitrogen and oxygen atoms in total. The van der Waals surface area contributed by atoms with E-state index in [0.29, 0.717) is 40.5 Å². The van der Waals surface area contributed by atoms with Crippen LogP contribution in [-0.2, 0) is 0 Å². The van der Waals surface area contributed by atoms with Gasteiger partial charge in [0.2, 0.25) is 0 Å². The first kappa shape index (κ1) is 21.3. The van der Waals surface area contributed by atoms with Crippen molar-refractivity contribution in [3.63, 3.8) is 0 Å². The molecule has 0 radical (unpaired) electrons. The van der Waals surface area contributed by atoms with Crippen molar-refractivity contribution in [1.29, 1.82) is 5.41 Å². The molecule has 1 heterocycles. The second kappa shape index (κ2) is 8.83. The molecule has 0 aliphatic rings. The molecule has 10 heteroatoms. The Morgan fingerprint density at radius 1 is 1.39 bits per heavy atom. The molecule has 0 aliphatic heterocycles. The molecule has 1 aromatic heterocycles. The SMILES string of the molecule is CN(C(=N)N)C(=O)c1cc2c(Cl)cc(OCCN)cc2[nH]1.Cl.Cl. The number of rotatable bonds is 4. The summed E-state index contributed by atoms with van der Waals surface area (Å²) in [6, 6.07) is 5.02. The molecule has 0 fully saturated rings. The Morgan fingerprint density at radius 3 is 2.61 bits per heavy atom. The second-order valence-electron chi connectivity index (χ2n) is 4.44. The van der Waals surface area contributed by atoms with Crippen molar-refractivity contribution in [3.05, 3.63) is 28.9 Å². The van der Waals surface area contributed by atoms with Gasteiger partial charge in [-0.1, -0.05) is 11.6 Å². The summed E-state index contributed by atoms with van der Waals surface area (Å²) in [6.45, 7) is 0.773. The summed E-state index contributed by atoms with van der Waals surface area (Å²) >= 11 is 6.18. The van der Waals surface area contributed by atoms with Crippen molar-refractivity contribution in [3.8, 4) is 5.75 Å². The van der Waals surface area contributed by atoms with E-state index in [9.17, 15) is 4.79 Å². The highest BCUT2D eigenvalue weighted by atomic mass is 35.5. The largest absolute Gasteiger partial charge is 0.492 e. The summed E-state index contributed by atoms with van der Waals surface area (Å²) in [5.41, 5.74) is 11.6. The summed E-state index contributed by atoms with van der Waals surface area (Å²) in [4.78, 5) is 16.1. The Balaban J connectivity index is 0.00000242. The first-order valence-electron chi connectivity index (χ1n) is 6.21. The third kappa shape index (κ3) is 4.65. The van der Waals surface area contributed by atoms with Crippen LogP contribution in [0.1, 0.15) is 10.5 Å². The van der Waals surface area contributed by atoms with Crippen LogP contribution in [0.25, 0.3) is 10.9 Å². The van der Waals surface area contributed by atoms with Crippen LogP contribution in [-0.4, -0.2) is 41.9 Å². The summed E-state index contributed by atoms with van der Waals surface area (Å²) < 4.78 is 5.42. The molecule has 0 spiro atoms. The number of nitrogens with one attached hydrogen (secondary N) is 2. The average molecular weight is 383 g/mol. The minimum atomic E-state index is -0.417. The van der Waals surface area contributed by atoms with Crippen molar-refractivity contribution < 1.29 is 9.53 Å². The molecule has 128 valence electrons.